The largest absolute Gasteiger partial charge is 0.495 e. The minimum atomic E-state index is -0.862. The number of methoxy groups -OCH3 is 1. The van der Waals surface area contributed by atoms with E-state index in [-0.39, 0.29) is 18.4 Å². The Morgan fingerprint density at radius 3 is 2.48 bits per heavy atom. The molecule has 0 saturated heterocycles. The zero-order chi connectivity index (χ0) is 24.5. The first-order valence-electron chi connectivity index (χ1n) is 11.3. The highest BCUT2D eigenvalue weighted by molar-refractivity contribution is 6.31. The summed E-state index contributed by atoms with van der Waals surface area (Å²) >= 11 is 6.12. The lowest BCUT2D eigenvalue weighted by molar-refractivity contribution is -0.141. The molecule has 0 radical (unpaired) electrons. The summed E-state index contributed by atoms with van der Waals surface area (Å²) < 4.78 is 5.29. The molecule has 0 spiro atoms. The monoisotopic (exact) mass is 482 g/mol. The molecule has 1 aliphatic carbocycles. The van der Waals surface area contributed by atoms with Gasteiger partial charge in [-0.2, -0.15) is 0 Å². The standard InChI is InChI=1S/C23H35ClN4O5/c1-14(2)21(26-23(31)25-18-11-15(3)17(24)12-19(18)33-4)22(30)28(13-20(29)27-32)10-9-16-7-5-6-8-16/h11-12,14,16,21,32H,5-10,13H2,1-4H3,(H,27,29)(H2,25,26,31)/t21-/m0/s1. The predicted molar refractivity (Wildman–Crippen MR) is 127 cm³/mol. The van der Waals surface area contributed by atoms with Gasteiger partial charge in [-0.25, -0.2) is 10.3 Å². The van der Waals surface area contributed by atoms with E-state index in [9.17, 15) is 14.4 Å². The maximum atomic E-state index is 13.3. The fourth-order valence-electron chi connectivity index (χ4n) is 4.05. The molecule has 4 amide bonds. The van der Waals surface area contributed by atoms with Gasteiger partial charge < -0.3 is 20.3 Å². The van der Waals surface area contributed by atoms with Crippen molar-refractivity contribution in [3.05, 3.63) is 22.7 Å². The summed E-state index contributed by atoms with van der Waals surface area (Å²) in [5.74, 6) is -0.370. The number of amides is 4. The third kappa shape index (κ3) is 7.78. The minimum absolute atomic E-state index is 0.233. The third-order valence-electron chi connectivity index (χ3n) is 6.00. The van der Waals surface area contributed by atoms with Gasteiger partial charge in [-0.3, -0.25) is 14.8 Å². The van der Waals surface area contributed by atoms with Gasteiger partial charge >= 0.3 is 6.03 Å². The molecule has 184 valence electrons. The van der Waals surface area contributed by atoms with Gasteiger partial charge in [0.25, 0.3) is 5.91 Å². The van der Waals surface area contributed by atoms with Crippen molar-refractivity contribution in [2.24, 2.45) is 11.8 Å². The first-order chi connectivity index (χ1) is 15.7. The smallest absolute Gasteiger partial charge is 0.320 e. The van der Waals surface area contributed by atoms with Crippen LogP contribution in [0.2, 0.25) is 5.02 Å². The normalized spacial score (nSPS) is 14.6. The summed E-state index contributed by atoms with van der Waals surface area (Å²) in [6.45, 7) is 5.54. The Morgan fingerprint density at radius 2 is 1.91 bits per heavy atom. The molecule has 1 fully saturated rings. The van der Waals surface area contributed by atoms with E-state index in [0.717, 1.165) is 24.8 Å². The molecule has 1 aromatic carbocycles. The molecule has 0 aliphatic heterocycles. The Kier molecular flexibility index (Phi) is 10.2. The number of hydroxylamine groups is 1. The van der Waals surface area contributed by atoms with Gasteiger partial charge in [0.05, 0.1) is 12.8 Å². The van der Waals surface area contributed by atoms with Gasteiger partial charge in [0.2, 0.25) is 5.91 Å². The van der Waals surface area contributed by atoms with E-state index in [1.54, 1.807) is 24.5 Å². The summed E-state index contributed by atoms with van der Waals surface area (Å²) in [5.41, 5.74) is 2.77. The Hall–Kier alpha value is -2.52. The Bertz CT molecular complexity index is 842. The van der Waals surface area contributed by atoms with Gasteiger partial charge in [0.15, 0.2) is 0 Å². The van der Waals surface area contributed by atoms with Crippen LogP contribution in [0.3, 0.4) is 0 Å². The van der Waals surface area contributed by atoms with Crippen molar-refractivity contribution in [1.29, 1.82) is 0 Å². The first-order valence-corrected chi connectivity index (χ1v) is 11.7. The average Bonchev–Trinajstić information content (AvgIpc) is 3.30. The van der Waals surface area contributed by atoms with Crippen molar-refractivity contribution in [3.8, 4) is 5.75 Å². The highest BCUT2D eigenvalue weighted by Crippen LogP contribution is 2.31. The van der Waals surface area contributed by atoms with E-state index in [4.69, 9.17) is 21.5 Å². The number of anilines is 1. The number of urea groups is 1. The number of carbonyl (C=O) groups is 3. The number of hydrogen-bond acceptors (Lipinski definition) is 5. The summed E-state index contributed by atoms with van der Waals surface area (Å²) in [4.78, 5) is 39.3. The second kappa shape index (κ2) is 12.6. The fourth-order valence-corrected chi connectivity index (χ4v) is 4.21. The molecule has 4 N–H and O–H groups in total. The lowest BCUT2D eigenvalue weighted by Gasteiger charge is -2.30. The van der Waals surface area contributed by atoms with Crippen LogP contribution in [0.25, 0.3) is 0 Å². The molecule has 0 heterocycles. The lowest BCUT2D eigenvalue weighted by Crippen LogP contribution is -2.54. The quantitative estimate of drug-likeness (QED) is 0.299. The van der Waals surface area contributed by atoms with Gasteiger partial charge in [-0.1, -0.05) is 51.1 Å². The average molecular weight is 483 g/mol. The highest BCUT2D eigenvalue weighted by atomic mass is 35.5. The van der Waals surface area contributed by atoms with Gasteiger partial charge in [0.1, 0.15) is 18.3 Å². The van der Waals surface area contributed by atoms with Gasteiger partial charge in [0, 0.05) is 17.6 Å². The number of carbonyl (C=O) groups excluding carboxylic acids is 3. The lowest BCUT2D eigenvalue weighted by atomic mass is 10.0. The second-order valence-corrected chi connectivity index (χ2v) is 9.26. The molecule has 0 unspecified atom stereocenters. The summed E-state index contributed by atoms with van der Waals surface area (Å²) in [5, 5.41) is 14.9. The van der Waals surface area contributed by atoms with Crippen LogP contribution in [0.4, 0.5) is 10.5 Å². The minimum Gasteiger partial charge on any atom is -0.495 e. The molecule has 9 nitrogen and oxygen atoms in total. The third-order valence-corrected chi connectivity index (χ3v) is 6.41. The molecule has 1 aromatic rings. The van der Waals surface area contributed by atoms with Crippen molar-refractivity contribution in [2.45, 2.75) is 58.9 Å². The van der Waals surface area contributed by atoms with E-state index in [1.807, 2.05) is 13.8 Å². The number of halogens is 1. The summed E-state index contributed by atoms with van der Waals surface area (Å²) in [6.07, 6.45) is 5.37. The van der Waals surface area contributed by atoms with Crippen molar-refractivity contribution >= 4 is 35.1 Å². The molecule has 2 rings (SSSR count). The van der Waals surface area contributed by atoms with Crippen LogP contribution in [0, 0.1) is 18.8 Å². The topological polar surface area (TPSA) is 120 Å². The number of aryl methyl sites for hydroxylation is 1. The van der Waals surface area contributed by atoms with Gasteiger partial charge in [-0.15, -0.1) is 0 Å². The number of ether oxygens (including phenoxy) is 1. The predicted octanol–water partition coefficient (Wildman–Crippen LogP) is 3.72. The molecule has 1 atom stereocenters. The van der Waals surface area contributed by atoms with E-state index in [1.165, 1.54) is 24.9 Å². The van der Waals surface area contributed by atoms with Crippen LogP contribution in [0.1, 0.15) is 51.5 Å². The number of nitrogens with zero attached hydrogens (tertiary/aromatic N) is 1. The number of benzene rings is 1. The SMILES string of the molecule is COc1cc(Cl)c(C)cc1NC(=O)N[C@H](C(=O)N(CCC1CCCC1)CC(=O)NO)C(C)C. The highest BCUT2D eigenvalue weighted by Gasteiger charge is 2.30. The molecule has 33 heavy (non-hydrogen) atoms. The molecule has 0 bridgehead atoms. The Morgan fingerprint density at radius 1 is 1.24 bits per heavy atom. The van der Waals surface area contributed by atoms with Crippen LogP contribution in [-0.4, -0.2) is 54.2 Å². The summed E-state index contributed by atoms with van der Waals surface area (Å²) in [7, 11) is 1.47. The van der Waals surface area contributed by atoms with E-state index in [2.05, 4.69) is 10.6 Å². The maximum absolute atomic E-state index is 13.3. The van der Waals surface area contributed by atoms with E-state index < -0.39 is 18.0 Å². The van der Waals surface area contributed by atoms with Crippen molar-refractivity contribution in [2.75, 3.05) is 25.5 Å². The van der Waals surface area contributed by atoms with Crippen LogP contribution in [0.15, 0.2) is 12.1 Å². The summed E-state index contributed by atoms with van der Waals surface area (Å²) in [6, 6.07) is 1.85. The van der Waals surface area contributed by atoms with E-state index >= 15 is 0 Å². The van der Waals surface area contributed by atoms with Crippen molar-refractivity contribution in [1.82, 2.24) is 15.7 Å². The van der Waals surface area contributed by atoms with Crippen molar-refractivity contribution < 1.29 is 24.3 Å². The maximum Gasteiger partial charge on any atom is 0.320 e. The zero-order valence-corrected chi connectivity index (χ0v) is 20.5. The molecule has 10 heteroatoms. The second-order valence-electron chi connectivity index (χ2n) is 8.86. The Balaban J connectivity index is 2.12. The Labute approximate surface area is 200 Å². The fraction of sp³-hybridized carbons (Fsp3) is 0.609. The van der Waals surface area contributed by atoms with Gasteiger partial charge in [-0.05, 0) is 36.8 Å². The molecule has 1 aliphatic rings. The van der Waals surface area contributed by atoms with E-state index in [0.29, 0.717) is 28.9 Å². The van der Waals surface area contributed by atoms with Crippen LogP contribution in [-0.2, 0) is 9.59 Å². The van der Waals surface area contributed by atoms with Crippen LogP contribution in [0.5, 0.6) is 5.75 Å². The van der Waals surface area contributed by atoms with Crippen molar-refractivity contribution in [3.63, 3.8) is 0 Å². The van der Waals surface area contributed by atoms with Crippen LogP contribution >= 0.6 is 11.6 Å². The number of nitrogens with one attached hydrogen (secondary N) is 3. The molecular formula is C23H35ClN4O5. The first kappa shape index (κ1) is 26.7. The molecule has 1 saturated carbocycles. The number of rotatable bonds is 10. The molecular weight excluding hydrogens is 448 g/mol. The number of hydrogen-bond donors (Lipinski definition) is 4. The zero-order valence-electron chi connectivity index (χ0n) is 19.7. The molecule has 0 aromatic heterocycles. The van der Waals surface area contributed by atoms with Crippen LogP contribution < -0.4 is 20.9 Å².